The summed E-state index contributed by atoms with van der Waals surface area (Å²) in [4.78, 5) is 27.6. The molecule has 0 aromatic carbocycles. The number of amides is 1. The van der Waals surface area contributed by atoms with Gasteiger partial charge in [-0.15, -0.1) is 0 Å². The molecule has 122 valence electrons. The van der Waals surface area contributed by atoms with Gasteiger partial charge in [-0.2, -0.15) is 0 Å². The molecule has 1 saturated heterocycles. The number of nitrogens with zero attached hydrogens (tertiary/aromatic N) is 2. The molecular formula is C16H30N2O3. The number of likely N-dealkylation sites (tertiary alicyclic amines) is 1. The SMILES string of the molecule is CCCCN(CCCC)C(=O)CN1CCC(C(=O)O)C1C. The molecule has 1 aliphatic heterocycles. The number of aliphatic carboxylic acids is 1. The number of unbranched alkanes of at least 4 members (excludes halogenated alkanes) is 2. The van der Waals surface area contributed by atoms with Crippen LogP contribution in [0.25, 0.3) is 0 Å². The minimum atomic E-state index is -0.744. The number of hydrogen-bond donors (Lipinski definition) is 1. The van der Waals surface area contributed by atoms with Gasteiger partial charge < -0.3 is 10.0 Å². The van der Waals surface area contributed by atoms with Crippen LogP contribution in [-0.2, 0) is 9.59 Å². The summed E-state index contributed by atoms with van der Waals surface area (Å²) in [5.74, 6) is -0.932. The zero-order valence-corrected chi connectivity index (χ0v) is 13.7. The molecule has 0 radical (unpaired) electrons. The summed E-state index contributed by atoms with van der Waals surface area (Å²) in [6.45, 7) is 8.88. The number of carboxylic acid groups (broad SMARTS) is 1. The van der Waals surface area contributed by atoms with Crippen LogP contribution in [0.5, 0.6) is 0 Å². The Morgan fingerprint density at radius 2 is 1.76 bits per heavy atom. The fourth-order valence-electron chi connectivity index (χ4n) is 2.89. The van der Waals surface area contributed by atoms with Crippen LogP contribution in [0.2, 0.25) is 0 Å². The Kier molecular flexibility index (Phi) is 7.72. The minimum Gasteiger partial charge on any atom is -0.481 e. The number of hydrogen-bond acceptors (Lipinski definition) is 3. The zero-order chi connectivity index (χ0) is 15.8. The molecule has 0 aliphatic carbocycles. The summed E-state index contributed by atoms with van der Waals surface area (Å²) in [7, 11) is 0. The Hall–Kier alpha value is -1.10. The molecule has 21 heavy (non-hydrogen) atoms. The second-order valence-corrected chi connectivity index (χ2v) is 6.03. The second-order valence-electron chi connectivity index (χ2n) is 6.03. The van der Waals surface area contributed by atoms with Gasteiger partial charge >= 0.3 is 5.97 Å². The van der Waals surface area contributed by atoms with Gasteiger partial charge in [-0.3, -0.25) is 14.5 Å². The van der Waals surface area contributed by atoms with Crippen LogP contribution in [0.15, 0.2) is 0 Å². The van der Waals surface area contributed by atoms with E-state index >= 15 is 0 Å². The van der Waals surface area contributed by atoms with Crippen molar-refractivity contribution < 1.29 is 14.7 Å². The Morgan fingerprint density at radius 3 is 2.19 bits per heavy atom. The lowest BCUT2D eigenvalue weighted by Gasteiger charge is -2.28. The van der Waals surface area contributed by atoms with E-state index in [0.717, 1.165) is 38.8 Å². The second kappa shape index (κ2) is 9.03. The third-order valence-corrected chi connectivity index (χ3v) is 4.46. The highest BCUT2D eigenvalue weighted by Crippen LogP contribution is 2.24. The normalized spacial score (nSPS) is 22.4. The molecule has 1 N–H and O–H groups in total. The van der Waals surface area contributed by atoms with Crippen molar-refractivity contribution in [1.82, 2.24) is 9.80 Å². The first-order valence-corrected chi connectivity index (χ1v) is 8.25. The van der Waals surface area contributed by atoms with Gasteiger partial charge in [0.05, 0.1) is 12.5 Å². The fourth-order valence-corrected chi connectivity index (χ4v) is 2.89. The molecule has 1 fully saturated rings. The third-order valence-electron chi connectivity index (χ3n) is 4.46. The topological polar surface area (TPSA) is 60.9 Å². The van der Waals surface area contributed by atoms with Crippen LogP contribution >= 0.6 is 0 Å². The summed E-state index contributed by atoms with van der Waals surface area (Å²) in [6.07, 6.45) is 4.87. The molecule has 2 atom stereocenters. The molecule has 1 heterocycles. The average Bonchev–Trinajstić information content (AvgIpc) is 2.80. The van der Waals surface area contributed by atoms with Gasteiger partial charge in [-0.25, -0.2) is 0 Å². The maximum atomic E-state index is 12.5. The van der Waals surface area contributed by atoms with Crippen molar-refractivity contribution in [3.05, 3.63) is 0 Å². The van der Waals surface area contributed by atoms with Crippen molar-refractivity contribution in [2.75, 3.05) is 26.2 Å². The molecule has 5 heteroatoms. The molecule has 0 aromatic rings. The lowest BCUT2D eigenvalue weighted by atomic mass is 10.0. The molecule has 1 amide bonds. The van der Waals surface area contributed by atoms with E-state index in [1.165, 1.54) is 0 Å². The Bertz CT molecular complexity index is 338. The highest BCUT2D eigenvalue weighted by molar-refractivity contribution is 5.78. The van der Waals surface area contributed by atoms with E-state index in [9.17, 15) is 9.59 Å². The summed E-state index contributed by atoms with van der Waals surface area (Å²) >= 11 is 0. The van der Waals surface area contributed by atoms with Crippen LogP contribution in [0.1, 0.15) is 52.9 Å². The molecule has 0 saturated carbocycles. The van der Waals surface area contributed by atoms with Gasteiger partial charge in [0, 0.05) is 19.1 Å². The van der Waals surface area contributed by atoms with Crippen molar-refractivity contribution in [2.24, 2.45) is 5.92 Å². The quantitative estimate of drug-likeness (QED) is 0.709. The van der Waals surface area contributed by atoms with Gasteiger partial charge in [0.2, 0.25) is 5.91 Å². The van der Waals surface area contributed by atoms with E-state index in [1.807, 2.05) is 16.7 Å². The number of carboxylic acids is 1. The third kappa shape index (κ3) is 5.30. The lowest BCUT2D eigenvalue weighted by Crippen LogP contribution is -2.43. The maximum Gasteiger partial charge on any atom is 0.308 e. The molecule has 5 nitrogen and oxygen atoms in total. The van der Waals surface area contributed by atoms with E-state index in [2.05, 4.69) is 13.8 Å². The first-order chi connectivity index (χ1) is 10.0. The number of carbonyl (C=O) groups is 2. The predicted octanol–water partition coefficient (Wildman–Crippen LogP) is 2.21. The van der Waals surface area contributed by atoms with Gasteiger partial charge in [0.15, 0.2) is 0 Å². The Balaban J connectivity index is 2.54. The predicted molar refractivity (Wildman–Crippen MR) is 83.2 cm³/mol. The summed E-state index contributed by atoms with van der Waals surface area (Å²) in [6, 6.07) is -0.0503. The first kappa shape index (κ1) is 18.0. The standard InChI is InChI=1S/C16H30N2O3/c1-4-6-9-17(10-7-5-2)15(19)12-18-11-8-14(13(18)3)16(20)21/h13-14H,4-12H2,1-3H3,(H,20,21). The Labute approximate surface area is 128 Å². The van der Waals surface area contributed by atoms with Crippen LogP contribution in [0, 0.1) is 5.92 Å². The number of carbonyl (C=O) groups excluding carboxylic acids is 1. The highest BCUT2D eigenvalue weighted by Gasteiger charge is 2.36. The Morgan fingerprint density at radius 1 is 1.19 bits per heavy atom. The summed E-state index contributed by atoms with van der Waals surface area (Å²) < 4.78 is 0. The van der Waals surface area contributed by atoms with Crippen molar-refractivity contribution in [3.8, 4) is 0 Å². The van der Waals surface area contributed by atoms with Gasteiger partial charge in [-0.1, -0.05) is 26.7 Å². The van der Waals surface area contributed by atoms with E-state index < -0.39 is 5.97 Å². The number of rotatable bonds is 9. The zero-order valence-electron chi connectivity index (χ0n) is 13.7. The van der Waals surface area contributed by atoms with Crippen LogP contribution in [0.3, 0.4) is 0 Å². The van der Waals surface area contributed by atoms with Gasteiger partial charge in [-0.05, 0) is 32.7 Å². The summed E-state index contributed by atoms with van der Waals surface area (Å²) in [5.41, 5.74) is 0. The van der Waals surface area contributed by atoms with E-state index in [0.29, 0.717) is 19.5 Å². The van der Waals surface area contributed by atoms with Crippen molar-refractivity contribution in [2.45, 2.75) is 58.9 Å². The molecule has 0 bridgehead atoms. The largest absolute Gasteiger partial charge is 0.481 e. The lowest BCUT2D eigenvalue weighted by molar-refractivity contribution is -0.143. The van der Waals surface area contributed by atoms with Crippen molar-refractivity contribution in [1.29, 1.82) is 0 Å². The van der Waals surface area contributed by atoms with E-state index in [4.69, 9.17) is 5.11 Å². The molecule has 1 rings (SSSR count). The monoisotopic (exact) mass is 298 g/mol. The van der Waals surface area contributed by atoms with Crippen LogP contribution < -0.4 is 0 Å². The molecule has 1 aliphatic rings. The molecular weight excluding hydrogens is 268 g/mol. The van der Waals surface area contributed by atoms with E-state index in [1.54, 1.807) is 0 Å². The highest BCUT2D eigenvalue weighted by atomic mass is 16.4. The van der Waals surface area contributed by atoms with Crippen LogP contribution in [0.4, 0.5) is 0 Å². The average molecular weight is 298 g/mol. The fraction of sp³-hybridized carbons (Fsp3) is 0.875. The molecule has 2 unspecified atom stereocenters. The van der Waals surface area contributed by atoms with E-state index in [-0.39, 0.29) is 17.9 Å². The minimum absolute atomic E-state index is 0.0503. The first-order valence-electron chi connectivity index (χ1n) is 8.25. The summed E-state index contributed by atoms with van der Waals surface area (Å²) in [5, 5.41) is 9.16. The molecule has 0 aromatic heterocycles. The smallest absolute Gasteiger partial charge is 0.308 e. The van der Waals surface area contributed by atoms with Gasteiger partial charge in [0.1, 0.15) is 0 Å². The van der Waals surface area contributed by atoms with Crippen molar-refractivity contribution in [3.63, 3.8) is 0 Å². The van der Waals surface area contributed by atoms with Crippen molar-refractivity contribution >= 4 is 11.9 Å². The maximum absolute atomic E-state index is 12.5. The molecule has 0 spiro atoms. The van der Waals surface area contributed by atoms with Gasteiger partial charge in [0.25, 0.3) is 0 Å². The van der Waals surface area contributed by atoms with Crippen LogP contribution in [-0.4, -0.2) is 59.0 Å².